The minimum Gasteiger partial charge on any atom is -0.478 e. The second-order valence-electron chi connectivity index (χ2n) is 7.84. The fraction of sp³-hybridized carbons (Fsp3) is 0.154. The first-order valence-electron chi connectivity index (χ1n) is 10.6. The third-order valence-corrected chi connectivity index (χ3v) is 5.81. The highest BCUT2D eigenvalue weighted by atomic mass is 79.9. The van der Waals surface area contributed by atoms with E-state index in [1.807, 2.05) is 13.8 Å². The Hall–Kier alpha value is -3.69. The summed E-state index contributed by atoms with van der Waals surface area (Å²) < 4.78 is 11.1. The van der Waals surface area contributed by atoms with Crippen molar-refractivity contribution in [1.29, 1.82) is 0 Å². The van der Waals surface area contributed by atoms with Crippen molar-refractivity contribution >= 4 is 57.0 Å². The average Bonchev–Trinajstić information content (AvgIpc) is 2.83. The van der Waals surface area contributed by atoms with Gasteiger partial charge < -0.3 is 19.9 Å². The second kappa shape index (κ2) is 11.8. The fourth-order valence-electron chi connectivity index (χ4n) is 3.04. The lowest BCUT2D eigenvalue weighted by molar-refractivity contribution is -0.157. The number of rotatable bonds is 8. The molecule has 2 atom stereocenters. The molecule has 10 heteroatoms. The highest BCUT2D eigenvalue weighted by Crippen LogP contribution is 2.26. The summed E-state index contributed by atoms with van der Waals surface area (Å²) in [5.41, 5.74) is 2.02. The summed E-state index contributed by atoms with van der Waals surface area (Å²) in [5, 5.41) is 12.4. The largest absolute Gasteiger partial charge is 0.478 e. The van der Waals surface area contributed by atoms with Crippen LogP contribution in [0.25, 0.3) is 0 Å². The molecule has 0 heterocycles. The molecule has 0 radical (unpaired) electrons. The molecule has 36 heavy (non-hydrogen) atoms. The number of nitrogens with one attached hydrogen (secondary N) is 1. The van der Waals surface area contributed by atoms with Crippen LogP contribution in [-0.4, -0.2) is 41.1 Å². The number of ether oxygens (including phenoxy) is 2. The van der Waals surface area contributed by atoms with Crippen molar-refractivity contribution in [2.24, 2.45) is 0 Å². The lowest BCUT2D eigenvalue weighted by Crippen LogP contribution is -2.48. The van der Waals surface area contributed by atoms with Crippen molar-refractivity contribution in [2.75, 3.05) is 5.32 Å². The molecule has 0 spiro atoms. The van der Waals surface area contributed by atoms with Gasteiger partial charge in [0.05, 0.1) is 21.8 Å². The standard InChI is InChI=1S/C26H21BrClNO7/c1-14-3-7-16(8-4-14)25(33)35-21(23(30)29-20-12-11-18(27)13-19(20)28)22(24(31)32)36-26(34)17-9-5-15(2)6-10-17/h3-13,21-22H,1-2H3,(H,29,30)(H,31,32)/t21-,22+/m0/s1. The number of carboxylic acids is 1. The topological polar surface area (TPSA) is 119 Å². The Morgan fingerprint density at radius 2 is 1.28 bits per heavy atom. The van der Waals surface area contributed by atoms with Crippen LogP contribution in [0.15, 0.2) is 71.2 Å². The molecule has 0 aromatic heterocycles. The predicted molar refractivity (Wildman–Crippen MR) is 136 cm³/mol. The quantitative estimate of drug-likeness (QED) is 0.355. The molecule has 1 amide bonds. The molecule has 2 N–H and O–H groups in total. The maximum Gasteiger partial charge on any atom is 0.349 e. The van der Waals surface area contributed by atoms with Crippen LogP contribution in [0, 0.1) is 13.8 Å². The maximum absolute atomic E-state index is 13.2. The Kier molecular flexibility index (Phi) is 8.84. The van der Waals surface area contributed by atoms with E-state index in [0.29, 0.717) is 4.47 Å². The van der Waals surface area contributed by atoms with Gasteiger partial charge in [-0.25, -0.2) is 14.4 Å². The Morgan fingerprint density at radius 1 is 0.806 bits per heavy atom. The molecule has 0 saturated carbocycles. The van der Waals surface area contributed by atoms with Gasteiger partial charge in [0.1, 0.15) is 0 Å². The number of hydrogen-bond donors (Lipinski definition) is 2. The summed E-state index contributed by atoms with van der Waals surface area (Å²) in [6.45, 7) is 3.63. The smallest absolute Gasteiger partial charge is 0.349 e. The number of carbonyl (C=O) groups is 4. The van der Waals surface area contributed by atoms with Gasteiger partial charge in [-0.05, 0) is 56.3 Å². The molecule has 0 saturated heterocycles. The van der Waals surface area contributed by atoms with Gasteiger partial charge in [-0.1, -0.05) is 62.9 Å². The summed E-state index contributed by atoms with van der Waals surface area (Å²) in [6, 6.07) is 17.0. The Balaban J connectivity index is 1.92. The highest BCUT2D eigenvalue weighted by molar-refractivity contribution is 9.10. The number of hydrogen-bond acceptors (Lipinski definition) is 6. The molecule has 0 fully saturated rings. The zero-order chi connectivity index (χ0) is 26.4. The van der Waals surface area contributed by atoms with E-state index in [1.165, 1.54) is 36.4 Å². The number of anilines is 1. The van der Waals surface area contributed by atoms with Gasteiger partial charge in [-0.2, -0.15) is 0 Å². The minimum absolute atomic E-state index is 0.0619. The number of halogens is 2. The van der Waals surface area contributed by atoms with Crippen LogP contribution in [-0.2, 0) is 19.1 Å². The zero-order valence-electron chi connectivity index (χ0n) is 19.2. The molecule has 0 aliphatic rings. The van der Waals surface area contributed by atoms with Crippen LogP contribution in [0.5, 0.6) is 0 Å². The van der Waals surface area contributed by atoms with Crippen molar-refractivity contribution in [3.05, 3.63) is 98.5 Å². The van der Waals surface area contributed by atoms with Crippen LogP contribution in [0.4, 0.5) is 5.69 Å². The molecule has 3 rings (SSSR count). The normalized spacial score (nSPS) is 12.2. The molecule has 0 bridgehead atoms. The van der Waals surface area contributed by atoms with Crippen molar-refractivity contribution in [3.63, 3.8) is 0 Å². The van der Waals surface area contributed by atoms with Crippen molar-refractivity contribution < 1.29 is 33.8 Å². The number of esters is 2. The summed E-state index contributed by atoms with van der Waals surface area (Å²) in [6.07, 6.45) is -4.19. The Bertz CT molecular complexity index is 1290. The Labute approximate surface area is 220 Å². The van der Waals surface area contributed by atoms with E-state index >= 15 is 0 Å². The SMILES string of the molecule is Cc1ccc(C(=O)O[C@H](C(=O)Nc2ccc(Br)cc2Cl)[C@@H](OC(=O)c2ccc(C)cc2)C(=O)O)cc1. The van der Waals surface area contributed by atoms with E-state index in [0.717, 1.165) is 11.1 Å². The molecule has 3 aromatic rings. The summed E-state index contributed by atoms with van der Waals surface area (Å²) in [7, 11) is 0. The van der Waals surface area contributed by atoms with Crippen LogP contribution in [0.2, 0.25) is 5.02 Å². The van der Waals surface area contributed by atoms with Crippen LogP contribution >= 0.6 is 27.5 Å². The average molecular weight is 575 g/mol. The number of carbonyl (C=O) groups excluding carboxylic acids is 3. The van der Waals surface area contributed by atoms with Crippen LogP contribution in [0.1, 0.15) is 31.8 Å². The molecule has 186 valence electrons. The number of carboxylic acid groups (broad SMARTS) is 1. The minimum atomic E-state index is -2.15. The van der Waals surface area contributed by atoms with Gasteiger partial charge in [-0.15, -0.1) is 0 Å². The van der Waals surface area contributed by atoms with Gasteiger partial charge >= 0.3 is 17.9 Å². The summed E-state index contributed by atoms with van der Waals surface area (Å²) in [5.74, 6) is -4.72. The molecule has 0 aliphatic carbocycles. The van der Waals surface area contributed by atoms with Gasteiger partial charge in [0, 0.05) is 4.47 Å². The van der Waals surface area contributed by atoms with Crippen molar-refractivity contribution in [1.82, 2.24) is 0 Å². The van der Waals surface area contributed by atoms with E-state index in [9.17, 15) is 24.3 Å². The summed E-state index contributed by atoms with van der Waals surface area (Å²) in [4.78, 5) is 50.7. The number of benzene rings is 3. The van der Waals surface area contributed by atoms with Gasteiger partial charge in [-0.3, -0.25) is 4.79 Å². The molecule has 8 nitrogen and oxygen atoms in total. The first-order valence-corrected chi connectivity index (χ1v) is 11.8. The maximum atomic E-state index is 13.2. The molecular weight excluding hydrogens is 554 g/mol. The Morgan fingerprint density at radius 3 is 1.72 bits per heavy atom. The molecule has 3 aromatic carbocycles. The molecule has 0 unspecified atom stereocenters. The van der Waals surface area contributed by atoms with E-state index in [4.69, 9.17) is 21.1 Å². The zero-order valence-corrected chi connectivity index (χ0v) is 21.5. The second-order valence-corrected chi connectivity index (χ2v) is 9.16. The molecule has 0 aliphatic heterocycles. The van der Waals surface area contributed by atoms with Gasteiger partial charge in [0.25, 0.3) is 5.91 Å². The van der Waals surface area contributed by atoms with E-state index in [1.54, 1.807) is 30.3 Å². The van der Waals surface area contributed by atoms with Gasteiger partial charge in [0.2, 0.25) is 12.2 Å². The van der Waals surface area contributed by atoms with Crippen molar-refractivity contribution in [2.45, 2.75) is 26.1 Å². The lowest BCUT2D eigenvalue weighted by Gasteiger charge is -2.24. The van der Waals surface area contributed by atoms with Crippen LogP contribution in [0.3, 0.4) is 0 Å². The van der Waals surface area contributed by atoms with E-state index < -0.39 is 36.0 Å². The molecular formula is C26H21BrClNO7. The lowest BCUT2D eigenvalue weighted by atomic mass is 10.1. The first kappa shape index (κ1) is 26.9. The monoisotopic (exact) mass is 573 g/mol. The van der Waals surface area contributed by atoms with E-state index in [-0.39, 0.29) is 21.8 Å². The fourth-order valence-corrected chi connectivity index (χ4v) is 3.76. The van der Waals surface area contributed by atoms with E-state index in [2.05, 4.69) is 21.2 Å². The summed E-state index contributed by atoms with van der Waals surface area (Å²) >= 11 is 9.41. The third-order valence-electron chi connectivity index (χ3n) is 5.01. The third kappa shape index (κ3) is 6.93. The highest BCUT2D eigenvalue weighted by Gasteiger charge is 2.41. The van der Waals surface area contributed by atoms with Gasteiger partial charge in [0.15, 0.2) is 0 Å². The number of amides is 1. The number of aliphatic carboxylic acids is 1. The van der Waals surface area contributed by atoms with Crippen molar-refractivity contribution in [3.8, 4) is 0 Å². The first-order chi connectivity index (χ1) is 17.0. The predicted octanol–water partition coefficient (Wildman–Crippen LogP) is 5.19. The number of aryl methyl sites for hydroxylation is 2. The van der Waals surface area contributed by atoms with Crippen LogP contribution < -0.4 is 5.32 Å².